The number of hydrogen-bond donors (Lipinski definition) is 2. The van der Waals surface area contributed by atoms with Gasteiger partial charge in [-0.1, -0.05) is 60.7 Å². The molecule has 0 aliphatic carbocycles. The maximum atomic E-state index is 12.4. The number of amides is 1. The smallest absolute Gasteiger partial charge is 0.272 e. The minimum Gasteiger partial charge on any atom is -0.309 e. The van der Waals surface area contributed by atoms with Crippen LogP contribution in [0.25, 0.3) is 0 Å². The van der Waals surface area contributed by atoms with Gasteiger partial charge in [-0.25, -0.2) is 10.9 Å². The van der Waals surface area contributed by atoms with Gasteiger partial charge in [0.1, 0.15) is 0 Å². The standard InChI is InChI=1S/C21H21N3O/c22-24(20-9-5-2-6-10-20)21(25)19-13-11-18(12-14-19)16-23-15-17-7-3-1-4-8-17/h1-14,23H,15-16,22H2. The SMILES string of the molecule is NN(C(=O)c1ccc(CNCc2ccccc2)cc1)c1ccccc1. The molecule has 25 heavy (non-hydrogen) atoms. The van der Waals surface area contributed by atoms with E-state index in [9.17, 15) is 4.79 Å². The molecule has 0 spiro atoms. The highest BCUT2D eigenvalue weighted by molar-refractivity contribution is 6.05. The summed E-state index contributed by atoms with van der Waals surface area (Å²) in [6, 6.07) is 27.0. The second-order valence-electron chi connectivity index (χ2n) is 5.80. The van der Waals surface area contributed by atoms with Crippen LogP contribution >= 0.6 is 0 Å². The van der Waals surface area contributed by atoms with E-state index in [2.05, 4.69) is 17.4 Å². The van der Waals surface area contributed by atoms with Crippen LogP contribution in [-0.4, -0.2) is 5.91 Å². The Morgan fingerprint density at radius 1 is 0.760 bits per heavy atom. The lowest BCUT2D eigenvalue weighted by molar-refractivity contribution is 0.0987. The van der Waals surface area contributed by atoms with Crippen LogP contribution in [0.3, 0.4) is 0 Å². The number of nitrogens with two attached hydrogens (primary N) is 1. The Hall–Kier alpha value is -2.95. The van der Waals surface area contributed by atoms with Crippen molar-refractivity contribution in [1.29, 1.82) is 0 Å². The average Bonchev–Trinajstić information content (AvgIpc) is 2.69. The van der Waals surface area contributed by atoms with Crippen molar-refractivity contribution in [2.45, 2.75) is 13.1 Å². The van der Waals surface area contributed by atoms with E-state index >= 15 is 0 Å². The van der Waals surface area contributed by atoms with Gasteiger partial charge in [0.15, 0.2) is 0 Å². The molecule has 3 N–H and O–H groups in total. The van der Waals surface area contributed by atoms with Gasteiger partial charge in [-0.3, -0.25) is 4.79 Å². The van der Waals surface area contributed by atoms with Crippen molar-refractivity contribution >= 4 is 11.6 Å². The molecule has 0 heterocycles. The number of nitrogens with zero attached hydrogens (tertiary/aromatic N) is 1. The normalized spacial score (nSPS) is 10.4. The van der Waals surface area contributed by atoms with Gasteiger partial charge in [0.2, 0.25) is 0 Å². The van der Waals surface area contributed by atoms with E-state index in [0.717, 1.165) is 18.7 Å². The summed E-state index contributed by atoms with van der Waals surface area (Å²) >= 11 is 0. The van der Waals surface area contributed by atoms with Gasteiger partial charge in [0, 0.05) is 18.7 Å². The lowest BCUT2D eigenvalue weighted by Gasteiger charge is -2.16. The molecular formula is C21H21N3O. The first kappa shape index (κ1) is 16.9. The Labute approximate surface area is 147 Å². The van der Waals surface area contributed by atoms with Crippen molar-refractivity contribution in [3.05, 3.63) is 102 Å². The van der Waals surface area contributed by atoms with Gasteiger partial charge in [-0.15, -0.1) is 0 Å². The summed E-state index contributed by atoms with van der Waals surface area (Å²) in [5.74, 6) is 5.70. The third-order valence-corrected chi connectivity index (χ3v) is 3.96. The Kier molecular flexibility index (Phi) is 5.57. The molecular weight excluding hydrogens is 310 g/mol. The predicted molar refractivity (Wildman–Crippen MR) is 101 cm³/mol. The van der Waals surface area contributed by atoms with Gasteiger partial charge < -0.3 is 5.32 Å². The molecule has 0 radical (unpaired) electrons. The van der Waals surface area contributed by atoms with Gasteiger partial charge in [-0.2, -0.15) is 0 Å². The molecule has 0 atom stereocenters. The molecule has 0 aromatic heterocycles. The van der Waals surface area contributed by atoms with Gasteiger partial charge >= 0.3 is 0 Å². The number of nitrogens with one attached hydrogen (secondary N) is 1. The largest absolute Gasteiger partial charge is 0.309 e. The minimum atomic E-state index is -0.227. The monoisotopic (exact) mass is 331 g/mol. The molecule has 4 heteroatoms. The van der Waals surface area contributed by atoms with Gasteiger partial charge in [0.05, 0.1) is 5.69 Å². The highest BCUT2D eigenvalue weighted by atomic mass is 16.2. The van der Waals surface area contributed by atoms with Crippen molar-refractivity contribution in [2.24, 2.45) is 5.84 Å². The second-order valence-corrected chi connectivity index (χ2v) is 5.80. The van der Waals surface area contributed by atoms with Crippen LogP contribution in [0, 0.1) is 0 Å². The molecule has 0 unspecified atom stereocenters. The number of hydrogen-bond acceptors (Lipinski definition) is 3. The van der Waals surface area contributed by atoms with E-state index in [1.54, 1.807) is 12.1 Å². The van der Waals surface area contributed by atoms with Crippen molar-refractivity contribution in [3.63, 3.8) is 0 Å². The molecule has 0 aliphatic heterocycles. The van der Waals surface area contributed by atoms with E-state index in [0.29, 0.717) is 11.3 Å². The maximum absolute atomic E-state index is 12.4. The van der Waals surface area contributed by atoms with E-state index < -0.39 is 0 Å². The number of carbonyl (C=O) groups excluding carboxylic acids is 1. The Morgan fingerprint density at radius 3 is 1.88 bits per heavy atom. The fourth-order valence-electron chi connectivity index (χ4n) is 2.56. The molecule has 0 bridgehead atoms. The van der Waals surface area contributed by atoms with Crippen LogP contribution in [0.2, 0.25) is 0 Å². The number of rotatable bonds is 6. The van der Waals surface area contributed by atoms with Crippen molar-refractivity contribution in [2.75, 3.05) is 5.01 Å². The van der Waals surface area contributed by atoms with Crippen molar-refractivity contribution in [3.8, 4) is 0 Å². The van der Waals surface area contributed by atoms with Gasteiger partial charge in [0.25, 0.3) is 5.91 Å². The Morgan fingerprint density at radius 2 is 1.28 bits per heavy atom. The zero-order chi connectivity index (χ0) is 17.5. The summed E-state index contributed by atoms with van der Waals surface area (Å²) in [5.41, 5.74) is 3.60. The molecule has 0 saturated carbocycles. The molecule has 1 amide bonds. The highest BCUT2D eigenvalue weighted by Crippen LogP contribution is 2.14. The molecule has 3 rings (SSSR count). The summed E-state index contributed by atoms with van der Waals surface area (Å²) in [6.07, 6.45) is 0. The first-order valence-corrected chi connectivity index (χ1v) is 8.22. The first-order chi connectivity index (χ1) is 12.2. The highest BCUT2D eigenvalue weighted by Gasteiger charge is 2.13. The summed E-state index contributed by atoms with van der Waals surface area (Å²) in [6.45, 7) is 1.56. The quantitative estimate of drug-likeness (QED) is 0.413. The van der Waals surface area contributed by atoms with Gasteiger partial charge in [-0.05, 0) is 35.4 Å². The van der Waals surface area contributed by atoms with Crippen molar-refractivity contribution in [1.82, 2.24) is 5.32 Å². The minimum absolute atomic E-state index is 0.227. The summed E-state index contributed by atoms with van der Waals surface area (Å²) in [4.78, 5) is 12.4. The lowest BCUT2D eigenvalue weighted by atomic mass is 10.1. The second kappa shape index (κ2) is 8.24. The molecule has 4 nitrogen and oxygen atoms in total. The van der Waals surface area contributed by atoms with Crippen LogP contribution < -0.4 is 16.2 Å². The van der Waals surface area contributed by atoms with Crippen LogP contribution in [0.1, 0.15) is 21.5 Å². The topological polar surface area (TPSA) is 58.4 Å². The molecule has 3 aromatic carbocycles. The zero-order valence-corrected chi connectivity index (χ0v) is 13.9. The third kappa shape index (κ3) is 4.53. The summed E-state index contributed by atoms with van der Waals surface area (Å²) in [7, 11) is 0. The number of para-hydroxylation sites is 1. The predicted octanol–water partition coefficient (Wildman–Crippen LogP) is 3.50. The number of hydrazine groups is 1. The van der Waals surface area contributed by atoms with Crippen molar-refractivity contribution < 1.29 is 4.79 Å². The third-order valence-electron chi connectivity index (χ3n) is 3.96. The van der Waals surface area contributed by atoms with E-state index in [1.807, 2.05) is 60.7 Å². The number of anilines is 1. The molecule has 0 saturated heterocycles. The molecule has 126 valence electrons. The maximum Gasteiger partial charge on any atom is 0.272 e. The molecule has 3 aromatic rings. The Balaban J connectivity index is 1.57. The Bertz CT molecular complexity index is 802. The first-order valence-electron chi connectivity index (χ1n) is 8.22. The van der Waals surface area contributed by atoms with E-state index in [4.69, 9.17) is 5.84 Å². The number of benzene rings is 3. The number of carbonyl (C=O) groups is 1. The van der Waals surface area contributed by atoms with E-state index in [1.165, 1.54) is 10.6 Å². The van der Waals surface area contributed by atoms with Crippen LogP contribution in [0.4, 0.5) is 5.69 Å². The summed E-state index contributed by atoms with van der Waals surface area (Å²) in [5, 5.41) is 4.56. The fraction of sp³-hybridized carbons (Fsp3) is 0.0952. The lowest BCUT2D eigenvalue weighted by Crippen LogP contribution is -2.37. The fourth-order valence-corrected chi connectivity index (χ4v) is 2.56. The average molecular weight is 331 g/mol. The van der Waals surface area contributed by atoms with Crippen LogP contribution in [-0.2, 0) is 13.1 Å². The summed E-state index contributed by atoms with van der Waals surface area (Å²) < 4.78 is 0. The molecule has 0 aliphatic rings. The van der Waals surface area contributed by atoms with Crippen LogP contribution in [0.15, 0.2) is 84.9 Å². The molecule has 0 fully saturated rings. The van der Waals surface area contributed by atoms with Crippen LogP contribution in [0.5, 0.6) is 0 Å². The zero-order valence-electron chi connectivity index (χ0n) is 13.9. The van der Waals surface area contributed by atoms with E-state index in [-0.39, 0.29) is 5.91 Å².